The molecule has 0 unspecified atom stereocenters. The first-order chi connectivity index (χ1) is 31.9. The lowest BCUT2D eigenvalue weighted by Crippen LogP contribution is -2.14. The summed E-state index contributed by atoms with van der Waals surface area (Å²) in [6.07, 6.45) is 0. The summed E-state index contributed by atoms with van der Waals surface area (Å²) in [5.74, 6) is 1.64. The van der Waals surface area contributed by atoms with E-state index in [1.807, 2.05) is 48.5 Å². The Kier molecular flexibility index (Phi) is 8.18. The van der Waals surface area contributed by atoms with Gasteiger partial charge in [-0.05, 0) is 104 Å². The molecule has 0 spiro atoms. The molecule has 3 aromatic heterocycles. The van der Waals surface area contributed by atoms with Crippen molar-refractivity contribution in [2.75, 3.05) is 0 Å². The summed E-state index contributed by atoms with van der Waals surface area (Å²) in [5.41, 5.74) is 17.8. The van der Waals surface area contributed by atoms with Gasteiger partial charge >= 0.3 is 0 Å². The minimum atomic E-state index is -0.0333. The molecule has 0 N–H and O–H groups in total. The van der Waals surface area contributed by atoms with Gasteiger partial charge in [-0.3, -0.25) is 0 Å². The summed E-state index contributed by atoms with van der Waals surface area (Å²) >= 11 is 0. The number of fused-ring (bicyclic) bond motifs is 9. The first-order valence-corrected chi connectivity index (χ1v) is 22.1. The van der Waals surface area contributed by atoms with E-state index in [1.165, 1.54) is 33.4 Å². The summed E-state index contributed by atoms with van der Waals surface area (Å²) in [7, 11) is 0. The Morgan fingerprint density at radius 1 is 0.323 bits per heavy atom. The summed E-state index contributed by atoms with van der Waals surface area (Å²) in [5, 5.41) is 4.00. The van der Waals surface area contributed by atoms with Crippen LogP contribution in [-0.4, -0.2) is 15.0 Å². The first-order valence-electron chi connectivity index (χ1n) is 22.1. The molecular formula is C60H39N3O2. The monoisotopic (exact) mass is 833 g/mol. The van der Waals surface area contributed by atoms with E-state index in [9.17, 15) is 0 Å². The van der Waals surface area contributed by atoms with Gasteiger partial charge in [-0.2, -0.15) is 0 Å². The number of hydrogen-bond acceptors (Lipinski definition) is 5. The third kappa shape index (κ3) is 5.97. The largest absolute Gasteiger partial charge is 0.456 e. The molecule has 0 amide bonds. The number of benzene rings is 9. The standard InChI is InChI=1S/C60H39N3O2/c1-60(2)50-25-8-6-20-43(50)48-34-40(28-30-51(48)60)38-17-10-18-39(32-38)41-29-31-53-49(35-41)55-46(23-13-27-54(55)64-53)58-61-57(42-19-11-16-37(33-42)36-14-4-3-5-15-36)62-59(63-58)47-24-12-22-45-44-21-7-9-26-52(44)65-56(45)47/h3-35H,1-2H3. The molecule has 0 atom stereocenters. The lowest BCUT2D eigenvalue weighted by Gasteiger charge is -2.21. The van der Waals surface area contributed by atoms with Crippen molar-refractivity contribution in [1.29, 1.82) is 0 Å². The highest BCUT2D eigenvalue weighted by molar-refractivity contribution is 6.13. The quantitative estimate of drug-likeness (QED) is 0.167. The number of nitrogens with zero attached hydrogens (tertiary/aromatic N) is 3. The Labute approximate surface area is 375 Å². The normalized spacial score (nSPS) is 12.9. The Morgan fingerprint density at radius 2 is 0.862 bits per heavy atom. The Hall–Kier alpha value is -8.41. The van der Waals surface area contributed by atoms with E-state index >= 15 is 0 Å². The van der Waals surface area contributed by atoms with Crippen LogP contribution in [0.2, 0.25) is 0 Å². The Morgan fingerprint density at radius 3 is 1.72 bits per heavy atom. The molecule has 0 fully saturated rings. The summed E-state index contributed by atoms with van der Waals surface area (Å²) in [6, 6.07) is 70.3. The van der Waals surface area contributed by atoms with E-state index in [-0.39, 0.29) is 5.41 Å². The van der Waals surface area contributed by atoms with Crippen LogP contribution in [-0.2, 0) is 5.41 Å². The molecule has 0 aliphatic heterocycles. The molecule has 5 heteroatoms. The number of hydrogen-bond donors (Lipinski definition) is 0. The molecule has 65 heavy (non-hydrogen) atoms. The van der Waals surface area contributed by atoms with Crippen LogP contribution in [0, 0.1) is 0 Å². The highest BCUT2D eigenvalue weighted by atomic mass is 16.3. The van der Waals surface area contributed by atoms with E-state index in [4.69, 9.17) is 23.8 Å². The smallest absolute Gasteiger partial charge is 0.167 e. The number of furan rings is 2. The van der Waals surface area contributed by atoms with Crippen LogP contribution < -0.4 is 0 Å². The minimum absolute atomic E-state index is 0.0333. The SMILES string of the molecule is CC1(C)c2ccccc2-c2cc(-c3cccc(-c4ccc5oc6cccc(-c7nc(-c8cccc(-c9ccccc9)c8)nc(-c8cccc9c8oc8ccccc89)n7)c6c5c4)c3)ccc21. The van der Waals surface area contributed by atoms with Crippen LogP contribution in [0.25, 0.3) is 123 Å². The summed E-state index contributed by atoms with van der Waals surface area (Å²) < 4.78 is 13.1. The maximum Gasteiger partial charge on any atom is 0.167 e. The van der Waals surface area contributed by atoms with E-state index in [0.717, 1.165) is 82.8 Å². The zero-order valence-corrected chi connectivity index (χ0v) is 35.7. The fraction of sp³-hybridized carbons (Fsp3) is 0.0500. The molecule has 13 rings (SSSR count). The summed E-state index contributed by atoms with van der Waals surface area (Å²) in [6.45, 7) is 4.65. The van der Waals surface area contributed by atoms with Crippen LogP contribution in [0.1, 0.15) is 25.0 Å². The van der Waals surface area contributed by atoms with Gasteiger partial charge < -0.3 is 8.83 Å². The second-order valence-corrected chi connectivity index (χ2v) is 17.5. The molecule has 5 nitrogen and oxygen atoms in total. The maximum atomic E-state index is 6.59. The summed E-state index contributed by atoms with van der Waals surface area (Å²) in [4.78, 5) is 15.8. The third-order valence-corrected chi connectivity index (χ3v) is 13.4. The topological polar surface area (TPSA) is 65.0 Å². The highest BCUT2D eigenvalue weighted by Gasteiger charge is 2.35. The molecule has 9 aromatic carbocycles. The lowest BCUT2D eigenvalue weighted by atomic mass is 9.82. The lowest BCUT2D eigenvalue weighted by molar-refractivity contribution is 0.660. The van der Waals surface area contributed by atoms with Crippen molar-refractivity contribution < 1.29 is 8.83 Å². The molecule has 12 aromatic rings. The van der Waals surface area contributed by atoms with Crippen LogP contribution in [0.5, 0.6) is 0 Å². The minimum Gasteiger partial charge on any atom is -0.456 e. The van der Waals surface area contributed by atoms with Crippen molar-refractivity contribution in [2.24, 2.45) is 0 Å². The molecule has 0 saturated heterocycles. The Bertz CT molecular complexity index is 3880. The number of rotatable bonds is 6. The van der Waals surface area contributed by atoms with Crippen LogP contribution in [0.3, 0.4) is 0 Å². The molecule has 3 heterocycles. The molecule has 306 valence electrons. The van der Waals surface area contributed by atoms with Gasteiger partial charge in [0, 0.05) is 38.1 Å². The molecule has 0 radical (unpaired) electrons. The zero-order chi connectivity index (χ0) is 43.2. The van der Waals surface area contributed by atoms with Crippen molar-refractivity contribution in [2.45, 2.75) is 19.3 Å². The van der Waals surface area contributed by atoms with Gasteiger partial charge in [-0.15, -0.1) is 0 Å². The van der Waals surface area contributed by atoms with Gasteiger partial charge in [0.1, 0.15) is 22.3 Å². The average Bonchev–Trinajstić information content (AvgIpc) is 4.01. The zero-order valence-electron chi connectivity index (χ0n) is 35.7. The van der Waals surface area contributed by atoms with Crippen LogP contribution >= 0.6 is 0 Å². The van der Waals surface area contributed by atoms with Gasteiger partial charge in [-0.25, -0.2) is 15.0 Å². The number of aromatic nitrogens is 3. The van der Waals surface area contributed by atoms with Crippen molar-refractivity contribution in [3.05, 3.63) is 211 Å². The van der Waals surface area contributed by atoms with E-state index in [2.05, 4.69) is 166 Å². The van der Waals surface area contributed by atoms with Gasteiger partial charge in [0.2, 0.25) is 0 Å². The van der Waals surface area contributed by atoms with E-state index in [1.54, 1.807) is 0 Å². The van der Waals surface area contributed by atoms with Crippen molar-refractivity contribution >= 4 is 43.9 Å². The van der Waals surface area contributed by atoms with Gasteiger partial charge in [0.25, 0.3) is 0 Å². The van der Waals surface area contributed by atoms with Crippen molar-refractivity contribution in [1.82, 2.24) is 15.0 Å². The van der Waals surface area contributed by atoms with Crippen molar-refractivity contribution in [3.8, 4) is 78.7 Å². The third-order valence-electron chi connectivity index (χ3n) is 13.4. The number of para-hydroxylation sites is 2. The van der Waals surface area contributed by atoms with Gasteiger partial charge in [0.05, 0.1) is 5.56 Å². The maximum absolute atomic E-state index is 6.59. The second kappa shape index (κ2) is 14.3. The molecule has 0 bridgehead atoms. The fourth-order valence-corrected chi connectivity index (χ4v) is 10.1. The van der Waals surface area contributed by atoms with E-state index < -0.39 is 0 Å². The highest BCUT2D eigenvalue weighted by Crippen LogP contribution is 2.50. The van der Waals surface area contributed by atoms with Crippen LogP contribution in [0.4, 0.5) is 0 Å². The Balaban J connectivity index is 0.964. The van der Waals surface area contributed by atoms with E-state index in [0.29, 0.717) is 17.5 Å². The van der Waals surface area contributed by atoms with Crippen molar-refractivity contribution in [3.63, 3.8) is 0 Å². The molecule has 1 aliphatic rings. The molecule has 0 saturated carbocycles. The second-order valence-electron chi connectivity index (χ2n) is 17.5. The van der Waals surface area contributed by atoms with Gasteiger partial charge in [0.15, 0.2) is 17.5 Å². The predicted molar refractivity (Wildman–Crippen MR) is 265 cm³/mol. The predicted octanol–water partition coefficient (Wildman–Crippen LogP) is 16.0. The average molecular weight is 834 g/mol. The molecule has 1 aliphatic carbocycles. The van der Waals surface area contributed by atoms with Gasteiger partial charge in [-0.1, -0.05) is 166 Å². The first kappa shape index (κ1) is 37.2. The fourth-order valence-electron chi connectivity index (χ4n) is 10.1. The van der Waals surface area contributed by atoms with Crippen LogP contribution in [0.15, 0.2) is 209 Å². The molecular weight excluding hydrogens is 795 g/mol.